The van der Waals surface area contributed by atoms with E-state index in [1.165, 1.54) is 43.4 Å². The molecule has 0 aromatic carbocycles. The van der Waals surface area contributed by atoms with Gasteiger partial charge in [0, 0.05) is 6.04 Å². The van der Waals surface area contributed by atoms with Gasteiger partial charge in [-0.05, 0) is 51.4 Å². The first-order chi connectivity index (χ1) is 13.5. The minimum atomic E-state index is -0.469. The number of hydrogen-bond acceptors (Lipinski definition) is 6. The van der Waals surface area contributed by atoms with E-state index in [1.807, 2.05) is 0 Å². The number of carbonyl (C=O) groups is 2. The van der Waals surface area contributed by atoms with Crippen LogP contribution in [-0.2, 0) is 9.47 Å². The van der Waals surface area contributed by atoms with Gasteiger partial charge < -0.3 is 20.1 Å². The van der Waals surface area contributed by atoms with Crippen molar-refractivity contribution in [3.05, 3.63) is 16.0 Å². The number of nitrogens with one attached hydrogen (secondary N) is 2. The Morgan fingerprint density at radius 2 is 1.61 bits per heavy atom. The van der Waals surface area contributed by atoms with Gasteiger partial charge in [0.1, 0.15) is 9.88 Å². The molecule has 0 atom stereocenters. The topological polar surface area (TPSA) is 76.7 Å². The summed E-state index contributed by atoms with van der Waals surface area (Å²) in [5.41, 5.74) is 0.898. The summed E-state index contributed by atoms with van der Waals surface area (Å²) in [6.07, 6.45) is 8.40. The fourth-order valence-corrected chi connectivity index (χ4v) is 4.79. The van der Waals surface area contributed by atoms with Crippen molar-refractivity contribution in [2.24, 2.45) is 0 Å². The predicted molar refractivity (Wildman–Crippen MR) is 116 cm³/mol. The molecule has 2 N–H and O–H groups in total. The summed E-state index contributed by atoms with van der Waals surface area (Å²) in [4.78, 5) is 25.1. The van der Waals surface area contributed by atoms with Gasteiger partial charge in [0.2, 0.25) is 0 Å². The van der Waals surface area contributed by atoms with E-state index in [0.29, 0.717) is 32.2 Å². The largest absolute Gasteiger partial charge is 0.462 e. The van der Waals surface area contributed by atoms with Gasteiger partial charge in [-0.15, -0.1) is 11.3 Å². The number of thiocarbonyl (C=S) groups is 1. The van der Waals surface area contributed by atoms with Crippen LogP contribution in [-0.4, -0.2) is 36.3 Å². The fourth-order valence-electron chi connectivity index (χ4n) is 3.37. The molecule has 8 heteroatoms. The molecule has 0 spiro atoms. The SMILES string of the molecule is CCOC(=O)c1sc(NC(=S)NC2CCCCCCC2)c(C(=O)OCC)c1C. The average molecular weight is 427 g/mol. The molecule has 1 aliphatic rings. The quantitative estimate of drug-likeness (QED) is 0.499. The third-order valence-electron chi connectivity index (χ3n) is 4.75. The second-order valence-electron chi connectivity index (χ2n) is 6.84. The summed E-state index contributed by atoms with van der Waals surface area (Å²) in [6, 6.07) is 0.330. The molecule has 1 aromatic rings. The van der Waals surface area contributed by atoms with Crippen molar-refractivity contribution in [1.29, 1.82) is 0 Å². The van der Waals surface area contributed by atoms with Crippen LogP contribution in [0.4, 0.5) is 5.00 Å². The maximum Gasteiger partial charge on any atom is 0.348 e. The van der Waals surface area contributed by atoms with E-state index in [4.69, 9.17) is 21.7 Å². The van der Waals surface area contributed by atoms with Crippen LogP contribution in [0, 0.1) is 6.92 Å². The normalized spacial score (nSPS) is 15.2. The van der Waals surface area contributed by atoms with Crippen LogP contribution in [0.1, 0.15) is 84.4 Å². The first kappa shape index (κ1) is 22.6. The summed E-state index contributed by atoms with van der Waals surface area (Å²) in [5.74, 6) is -0.912. The van der Waals surface area contributed by atoms with E-state index in [9.17, 15) is 9.59 Å². The molecule has 0 amide bonds. The van der Waals surface area contributed by atoms with Crippen molar-refractivity contribution < 1.29 is 19.1 Å². The molecule has 0 bridgehead atoms. The number of rotatable bonds is 6. The van der Waals surface area contributed by atoms with E-state index >= 15 is 0 Å². The number of anilines is 1. The van der Waals surface area contributed by atoms with Gasteiger partial charge >= 0.3 is 11.9 Å². The minimum Gasteiger partial charge on any atom is -0.462 e. The summed E-state index contributed by atoms with van der Waals surface area (Å²) in [6.45, 7) is 5.76. The molecule has 1 fully saturated rings. The fraction of sp³-hybridized carbons (Fsp3) is 0.650. The van der Waals surface area contributed by atoms with Crippen LogP contribution in [0.5, 0.6) is 0 Å². The predicted octanol–water partition coefficient (Wildman–Crippen LogP) is 4.81. The third kappa shape index (κ3) is 6.17. The van der Waals surface area contributed by atoms with Gasteiger partial charge in [-0.2, -0.15) is 0 Å². The summed E-state index contributed by atoms with van der Waals surface area (Å²) in [5, 5.41) is 7.48. The van der Waals surface area contributed by atoms with Crippen molar-refractivity contribution in [3.8, 4) is 0 Å². The van der Waals surface area contributed by atoms with Crippen molar-refractivity contribution >= 4 is 45.6 Å². The lowest BCUT2D eigenvalue weighted by atomic mass is 9.97. The van der Waals surface area contributed by atoms with Gasteiger partial charge in [0.15, 0.2) is 5.11 Å². The molecule has 0 unspecified atom stereocenters. The Balaban J connectivity index is 2.17. The van der Waals surface area contributed by atoms with E-state index < -0.39 is 11.9 Å². The average Bonchev–Trinajstić information content (AvgIpc) is 2.93. The number of esters is 2. The maximum atomic E-state index is 12.5. The van der Waals surface area contributed by atoms with Gasteiger partial charge in [0.25, 0.3) is 0 Å². The van der Waals surface area contributed by atoms with E-state index in [1.54, 1.807) is 20.8 Å². The lowest BCUT2D eigenvalue weighted by molar-refractivity contribution is 0.0527. The Morgan fingerprint density at radius 3 is 2.21 bits per heavy atom. The number of ether oxygens (including phenoxy) is 2. The van der Waals surface area contributed by atoms with Crippen LogP contribution in [0.25, 0.3) is 0 Å². The van der Waals surface area contributed by atoms with Crippen LogP contribution < -0.4 is 10.6 Å². The molecule has 156 valence electrons. The molecule has 2 rings (SSSR count). The number of hydrogen-bond donors (Lipinski definition) is 2. The summed E-state index contributed by atoms with van der Waals surface area (Å²) < 4.78 is 10.3. The zero-order chi connectivity index (χ0) is 20.5. The van der Waals surface area contributed by atoms with Crippen LogP contribution in [0.3, 0.4) is 0 Å². The van der Waals surface area contributed by atoms with Gasteiger partial charge in [-0.3, -0.25) is 0 Å². The standard InChI is InChI=1S/C20H30N2O4S2/c1-4-25-18(23)15-13(3)16(19(24)26-5-2)28-17(15)22-20(27)21-14-11-9-7-6-8-10-12-14/h14H,4-12H2,1-3H3,(H2,21,22,27). The Morgan fingerprint density at radius 1 is 1.04 bits per heavy atom. The van der Waals surface area contributed by atoms with Crippen LogP contribution >= 0.6 is 23.6 Å². The summed E-state index contributed by atoms with van der Waals surface area (Å²) >= 11 is 6.66. The van der Waals surface area contributed by atoms with Crippen molar-refractivity contribution in [1.82, 2.24) is 5.32 Å². The molecule has 28 heavy (non-hydrogen) atoms. The van der Waals surface area contributed by atoms with Gasteiger partial charge in [-0.25, -0.2) is 9.59 Å². The Bertz CT molecular complexity index is 695. The number of thiophene rings is 1. The molecular weight excluding hydrogens is 396 g/mol. The van der Waals surface area contributed by atoms with E-state index in [0.717, 1.165) is 12.8 Å². The monoisotopic (exact) mass is 426 g/mol. The van der Waals surface area contributed by atoms with Gasteiger partial charge in [-0.1, -0.05) is 32.1 Å². The Hall–Kier alpha value is -1.67. The second kappa shape index (κ2) is 11.4. The van der Waals surface area contributed by atoms with E-state index in [2.05, 4.69) is 10.6 Å². The molecule has 6 nitrogen and oxygen atoms in total. The number of carbonyl (C=O) groups excluding carboxylic acids is 2. The zero-order valence-corrected chi connectivity index (χ0v) is 18.5. The third-order valence-corrected chi connectivity index (χ3v) is 6.16. The highest BCUT2D eigenvalue weighted by Crippen LogP contribution is 2.34. The molecule has 0 aliphatic heterocycles. The van der Waals surface area contributed by atoms with Crippen LogP contribution in [0.2, 0.25) is 0 Å². The van der Waals surface area contributed by atoms with Crippen LogP contribution in [0.15, 0.2) is 0 Å². The molecule has 1 aromatic heterocycles. The highest BCUT2D eigenvalue weighted by atomic mass is 32.1. The molecule has 0 saturated heterocycles. The van der Waals surface area contributed by atoms with Crippen molar-refractivity contribution in [2.45, 2.75) is 71.8 Å². The molecule has 0 radical (unpaired) electrons. The van der Waals surface area contributed by atoms with Crippen molar-refractivity contribution in [2.75, 3.05) is 18.5 Å². The maximum absolute atomic E-state index is 12.5. The second-order valence-corrected chi connectivity index (χ2v) is 8.27. The highest BCUT2D eigenvalue weighted by molar-refractivity contribution is 7.80. The minimum absolute atomic E-state index is 0.257. The first-order valence-corrected chi connectivity index (χ1v) is 11.3. The Kier molecular flexibility index (Phi) is 9.18. The first-order valence-electron chi connectivity index (χ1n) is 10.0. The Labute approximate surface area is 176 Å². The lowest BCUT2D eigenvalue weighted by Gasteiger charge is -2.22. The molecule has 1 heterocycles. The lowest BCUT2D eigenvalue weighted by Crippen LogP contribution is -2.38. The van der Waals surface area contributed by atoms with Gasteiger partial charge in [0.05, 0.1) is 18.8 Å². The molecule has 1 saturated carbocycles. The smallest absolute Gasteiger partial charge is 0.348 e. The molecular formula is C20H30N2O4S2. The van der Waals surface area contributed by atoms with E-state index in [-0.39, 0.29) is 13.2 Å². The highest BCUT2D eigenvalue weighted by Gasteiger charge is 2.27. The summed E-state index contributed by atoms with van der Waals surface area (Å²) in [7, 11) is 0. The zero-order valence-electron chi connectivity index (χ0n) is 16.9. The van der Waals surface area contributed by atoms with Crippen molar-refractivity contribution in [3.63, 3.8) is 0 Å². The molecule has 1 aliphatic carbocycles.